The highest BCUT2D eigenvalue weighted by atomic mass is 35.5. The molecule has 0 aromatic heterocycles. The molecular formula is C22H28ClF2N3O3. The van der Waals surface area contributed by atoms with E-state index in [1.165, 1.54) is 24.3 Å². The van der Waals surface area contributed by atoms with E-state index < -0.39 is 18.1 Å². The molecule has 0 spiro atoms. The van der Waals surface area contributed by atoms with Gasteiger partial charge in [-0.2, -0.15) is 0 Å². The summed E-state index contributed by atoms with van der Waals surface area (Å²) in [5.41, 5.74) is 0.620. The van der Waals surface area contributed by atoms with Gasteiger partial charge in [-0.25, -0.2) is 8.78 Å². The Morgan fingerprint density at radius 2 is 2.03 bits per heavy atom. The van der Waals surface area contributed by atoms with Gasteiger partial charge in [-0.1, -0.05) is 17.7 Å². The zero-order chi connectivity index (χ0) is 22.4. The van der Waals surface area contributed by atoms with Crippen molar-refractivity contribution in [3.05, 3.63) is 40.7 Å². The molecule has 170 valence electrons. The molecule has 6 nitrogen and oxygen atoms in total. The number of benzene rings is 1. The number of alkyl halides is 1. The van der Waals surface area contributed by atoms with Crippen LogP contribution in [0.3, 0.4) is 0 Å². The second kappa shape index (κ2) is 11.0. The Morgan fingerprint density at radius 3 is 2.77 bits per heavy atom. The molecule has 1 aromatic rings. The SMILES string of the molecule is O=C(/C=C/c1ccc(F)c(Cl)c1)N1CCC(=O)N(CCCN2CC[C@H](F)[C@@H](O)C2)CC1. The highest BCUT2D eigenvalue weighted by molar-refractivity contribution is 6.30. The van der Waals surface area contributed by atoms with Gasteiger partial charge in [-0.15, -0.1) is 0 Å². The zero-order valence-corrected chi connectivity index (χ0v) is 18.1. The van der Waals surface area contributed by atoms with Gasteiger partial charge in [0.25, 0.3) is 0 Å². The molecule has 0 bridgehead atoms. The van der Waals surface area contributed by atoms with E-state index in [1.54, 1.807) is 15.9 Å². The number of aliphatic hydroxyl groups is 1. The van der Waals surface area contributed by atoms with Crippen molar-refractivity contribution in [1.82, 2.24) is 14.7 Å². The lowest BCUT2D eigenvalue weighted by Crippen LogP contribution is -2.45. The van der Waals surface area contributed by atoms with Crippen LogP contribution in [0.15, 0.2) is 24.3 Å². The number of rotatable bonds is 6. The Balaban J connectivity index is 1.45. The number of halogens is 3. The van der Waals surface area contributed by atoms with E-state index in [0.29, 0.717) is 57.8 Å². The van der Waals surface area contributed by atoms with Gasteiger partial charge in [0.15, 0.2) is 0 Å². The van der Waals surface area contributed by atoms with E-state index in [-0.39, 0.29) is 23.3 Å². The van der Waals surface area contributed by atoms with E-state index in [1.807, 2.05) is 4.90 Å². The predicted octanol–water partition coefficient (Wildman–Crippen LogP) is 2.35. The predicted molar refractivity (Wildman–Crippen MR) is 115 cm³/mol. The van der Waals surface area contributed by atoms with Crippen LogP contribution in [-0.2, 0) is 9.59 Å². The molecule has 2 amide bonds. The molecular weight excluding hydrogens is 428 g/mol. The van der Waals surface area contributed by atoms with Gasteiger partial charge in [-0.3, -0.25) is 9.59 Å². The van der Waals surface area contributed by atoms with Crippen LogP contribution in [0.5, 0.6) is 0 Å². The highest BCUT2D eigenvalue weighted by Crippen LogP contribution is 2.17. The van der Waals surface area contributed by atoms with Crippen LogP contribution < -0.4 is 0 Å². The van der Waals surface area contributed by atoms with E-state index in [4.69, 9.17) is 11.6 Å². The van der Waals surface area contributed by atoms with Crippen molar-refractivity contribution in [1.29, 1.82) is 0 Å². The Morgan fingerprint density at radius 1 is 1.23 bits per heavy atom. The number of nitrogens with zero attached hydrogens (tertiary/aromatic N) is 3. The van der Waals surface area contributed by atoms with Crippen LogP contribution in [0, 0.1) is 5.82 Å². The zero-order valence-electron chi connectivity index (χ0n) is 17.4. The smallest absolute Gasteiger partial charge is 0.246 e. The second-order valence-electron chi connectivity index (χ2n) is 7.99. The lowest BCUT2D eigenvalue weighted by Gasteiger charge is -2.32. The van der Waals surface area contributed by atoms with Gasteiger partial charge >= 0.3 is 0 Å². The van der Waals surface area contributed by atoms with E-state index in [2.05, 4.69) is 0 Å². The van der Waals surface area contributed by atoms with Crippen molar-refractivity contribution in [2.75, 3.05) is 45.8 Å². The molecule has 1 aromatic carbocycles. The van der Waals surface area contributed by atoms with E-state index in [0.717, 1.165) is 6.42 Å². The Bertz CT molecular complexity index is 823. The number of amides is 2. The third-order valence-corrected chi connectivity index (χ3v) is 6.04. The standard InChI is InChI=1S/C22H28ClF2N3O3/c23-17-14-16(2-4-18(17)24)3-5-21(30)28-11-7-22(31)27(12-13-28)9-1-8-26-10-6-19(25)20(29)15-26/h2-5,14,19-20,29H,1,6-13,15H2/b5-3+/t19-,20-/m0/s1. The summed E-state index contributed by atoms with van der Waals surface area (Å²) in [6.07, 6.45) is 2.21. The lowest BCUT2D eigenvalue weighted by atomic mass is 10.1. The minimum Gasteiger partial charge on any atom is -0.389 e. The van der Waals surface area contributed by atoms with Crippen LogP contribution in [0.2, 0.25) is 5.02 Å². The van der Waals surface area contributed by atoms with Crippen LogP contribution in [0.25, 0.3) is 6.08 Å². The third-order valence-electron chi connectivity index (χ3n) is 5.75. The fourth-order valence-electron chi connectivity index (χ4n) is 3.87. The summed E-state index contributed by atoms with van der Waals surface area (Å²) in [6, 6.07) is 4.23. The Kier molecular flexibility index (Phi) is 8.40. The van der Waals surface area contributed by atoms with Crippen molar-refractivity contribution in [3.63, 3.8) is 0 Å². The van der Waals surface area contributed by atoms with Gasteiger partial charge in [0.05, 0.1) is 11.1 Å². The molecule has 2 saturated heterocycles. The van der Waals surface area contributed by atoms with Crippen molar-refractivity contribution in [2.24, 2.45) is 0 Å². The monoisotopic (exact) mass is 455 g/mol. The number of likely N-dealkylation sites (tertiary alicyclic amines) is 1. The highest BCUT2D eigenvalue weighted by Gasteiger charge is 2.27. The summed E-state index contributed by atoms with van der Waals surface area (Å²) in [5, 5.41) is 9.65. The normalized spacial score (nSPS) is 23.4. The van der Waals surface area contributed by atoms with E-state index >= 15 is 0 Å². The number of aliphatic hydroxyl groups excluding tert-OH is 1. The molecule has 2 fully saturated rings. The number of carbonyl (C=O) groups excluding carboxylic acids is 2. The van der Waals surface area contributed by atoms with Gasteiger partial charge in [0, 0.05) is 51.8 Å². The Hall–Kier alpha value is -2.03. The molecule has 1 N–H and O–H groups in total. The molecule has 31 heavy (non-hydrogen) atoms. The first-order chi connectivity index (χ1) is 14.8. The molecule has 0 radical (unpaired) electrons. The molecule has 2 aliphatic heterocycles. The van der Waals surface area contributed by atoms with Crippen molar-refractivity contribution >= 4 is 29.5 Å². The van der Waals surface area contributed by atoms with Crippen LogP contribution >= 0.6 is 11.6 Å². The maximum Gasteiger partial charge on any atom is 0.246 e. The maximum absolute atomic E-state index is 13.4. The molecule has 9 heteroatoms. The molecule has 2 heterocycles. The van der Waals surface area contributed by atoms with E-state index in [9.17, 15) is 23.5 Å². The van der Waals surface area contributed by atoms with Crippen LogP contribution in [0.4, 0.5) is 8.78 Å². The summed E-state index contributed by atoms with van der Waals surface area (Å²) in [7, 11) is 0. The number of piperidine rings is 1. The van der Waals surface area contributed by atoms with Gasteiger partial charge in [0.2, 0.25) is 11.8 Å². The summed E-state index contributed by atoms with van der Waals surface area (Å²) in [5.74, 6) is -0.718. The first kappa shape index (κ1) is 23.6. The maximum atomic E-state index is 13.4. The average Bonchev–Trinajstić information content (AvgIpc) is 2.93. The fourth-order valence-corrected chi connectivity index (χ4v) is 4.06. The second-order valence-corrected chi connectivity index (χ2v) is 8.40. The topological polar surface area (TPSA) is 64.1 Å². The number of hydrogen-bond acceptors (Lipinski definition) is 4. The van der Waals surface area contributed by atoms with Gasteiger partial charge < -0.3 is 19.8 Å². The lowest BCUT2D eigenvalue weighted by molar-refractivity contribution is -0.130. The van der Waals surface area contributed by atoms with Crippen molar-refractivity contribution < 1.29 is 23.5 Å². The molecule has 0 saturated carbocycles. The average molecular weight is 456 g/mol. The van der Waals surface area contributed by atoms with Crippen molar-refractivity contribution in [3.8, 4) is 0 Å². The number of carbonyl (C=O) groups is 2. The summed E-state index contributed by atoms with van der Waals surface area (Å²) >= 11 is 5.76. The van der Waals surface area contributed by atoms with Gasteiger partial charge in [-0.05, 0) is 43.2 Å². The largest absolute Gasteiger partial charge is 0.389 e. The molecule has 2 atom stereocenters. The summed E-state index contributed by atoms with van der Waals surface area (Å²) < 4.78 is 26.6. The Labute approximate surface area is 186 Å². The van der Waals surface area contributed by atoms with Crippen LogP contribution in [-0.4, -0.2) is 89.7 Å². The van der Waals surface area contributed by atoms with Crippen LogP contribution in [0.1, 0.15) is 24.8 Å². The molecule has 2 aliphatic rings. The minimum absolute atomic E-state index is 0.00538. The minimum atomic E-state index is -1.15. The quantitative estimate of drug-likeness (QED) is 0.669. The third kappa shape index (κ3) is 6.72. The first-order valence-corrected chi connectivity index (χ1v) is 11.0. The van der Waals surface area contributed by atoms with Crippen molar-refractivity contribution in [2.45, 2.75) is 31.5 Å². The summed E-state index contributed by atoms with van der Waals surface area (Å²) in [4.78, 5) is 30.3. The number of hydrogen-bond donors (Lipinski definition) is 1. The molecule has 3 rings (SSSR count). The number of β-amino-alcohol motifs (C(OH)–C–C–N with tert-alkyl or cyclic N) is 1. The molecule has 0 aliphatic carbocycles. The fraction of sp³-hybridized carbons (Fsp3) is 0.545. The first-order valence-electron chi connectivity index (χ1n) is 10.6. The summed E-state index contributed by atoms with van der Waals surface area (Å²) in [6.45, 7) is 3.43. The van der Waals surface area contributed by atoms with Gasteiger partial charge in [0.1, 0.15) is 12.0 Å². The molecule has 0 unspecified atom stereocenters.